The Bertz CT molecular complexity index is 699. The minimum atomic E-state index is -0.581. The van der Waals surface area contributed by atoms with Crippen molar-refractivity contribution in [3.8, 4) is 6.07 Å². The summed E-state index contributed by atoms with van der Waals surface area (Å²) in [7, 11) is 1.30. The van der Waals surface area contributed by atoms with Crippen LogP contribution in [0.3, 0.4) is 0 Å². The van der Waals surface area contributed by atoms with E-state index in [2.05, 4.69) is 0 Å². The second-order valence-corrected chi connectivity index (χ2v) is 5.54. The Balaban J connectivity index is 2.59. The average molecular weight is 316 g/mol. The zero-order valence-electron chi connectivity index (χ0n) is 12.5. The van der Waals surface area contributed by atoms with Crippen LogP contribution in [0.25, 0.3) is 0 Å². The summed E-state index contributed by atoms with van der Waals surface area (Å²) in [6.07, 6.45) is 1.98. The summed E-state index contributed by atoms with van der Waals surface area (Å²) in [6, 6.07) is 9.67. The van der Waals surface area contributed by atoms with Crippen molar-refractivity contribution >= 4 is 17.7 Å². The highest BCUT2D eigenvalue weighted by Crippen LogP contribution is 2.39. The maximum absolute atomic E-state index is 12.1. The van der Waals surface area contributed by atoms with Gasteiger partial charge in [0.25, 0.3) is 0 Å². The molecule has 0 spiro atoms. The molecule has 0 saturated carbocycles. The molecule has 1 atom stereocenters. The first kappa shape index (κ1) is 16.0. The molecule has 6 heteroatoms. The lowest BCUT2D eigenvalue weighted by Gasteiger charge is -2.26. The van der Waals surface area contributed by atoms with E-state index < -0.39 is 11.9 Å². The van der Waals surface area contributed by atoms with Gasteiger partial charge in [0, 0.05) is 4.90 Å². The lowest BCUT2D eigenvalue weighted by atomic mass is 9.83. The third-order valence-electron chi connectivity index (χ3n) is 3.46. The molecule has 0 unspecified atom stereocenters. The fourth-order valence-electron chi connectivity index (χ4n) is 2.39. The first-order chi connectivity index (χ1) is 10.5. The van der Waals surface area contributed by atoms with Crippen molar-refractivity contribution in [1.29, 1.82) is 5.26 Å². The van der Waals surface area contributed by atoms with Crippen LogP contribution in [0.15, 0.2) is 51.9 Å². The minimum Gasteiger partial charge on any atom is -0.466 e. The average Bonchev–Trinajstić information content (AvgIpc) is 2.53. The van der Waals surface area contributed by atoms with E-state index in [0.29, 0.717) is 11.3 Å². The Labute approximate surface area is 133 Å². The maximum Gasteiger partial charge on any atom is 0.338 e. The fourth-order valence-corrected chi connectivity index (χ4v) is 2.79. The fraction of sp³-hybridized carbons (Fsp3) is 0.250. The van der Waals surface area contributed by atoms with Gasteiger partial charge in [-0.1, -0.05) is 12.1 Å². The maximum atomic E-state index is 12.1. The van der Waals surface area contributed by atoms with Crippen molar-refractivity contribution in [2.24, 2.45) is 5.73 Å². The summed E-state index contributed by atoms with van der Waals surface area (Å²) in [5, 5.41) is 9.41. The van der Waals surface area contributed by atoms with Crippen molar-refractivity contribution < 1.29 is 14.3 Å². The minimum absolute atomic E-state index is 0.0200. The van der Waals surface area contributed by atoms with Crippen LogP contribution >= 0.6 is 11.8 Å². The number of esters is 1. The van der Waals surface area contributed by atoms with Gasteiger partial charge in [0.05, 0.1) is 18.6 Å². The normalized spacial score (nSPS) is 17.8. The van der Waals surface area contributed by atoms with Gasteiger partial charge < -0.3 is 15.2 Å². The molecule has 0 radical (unpaired) electrons. The molecule has 5 nitrogen and oxygen atoms in total. The highest BCUT2D eigenvalue weighted by atomic mass is 32.2. The molecule has 0 saturated heterocycles. The molecule has 1 aliphatic rings. The summed E-state index contributed by atoms with van der Waals surface area (Å²) in [5.74, 6) is -0.743. The number of nitrogens with zero attached hydrogens (tertiary/aromatic N) is 1. The summed E-state index contributed by atoms with van der Waals surface area (Å²) >= 11 is 1.61. The molecule has 0 aromatic heterocycles. The molecule has 0 aliphatic carbocycles. The van der Waals surface area contributed by atoms with Crippen LogP contribution in [-0.4, -0.2) is 19.3 Å². The zero-order chi connectivity index (χ0) is 16.3. The number of allylic oxidation sites excluding steroid dienone is 2. The van der Waals surface area contributed by atoms with Gasteiger partial charge in [0.2, 0.25) is 5.88 Å². The Morgan fingerprint density at radius 3 is 2.55 bits per heavy atom. The highest BCUT2D eigenvalue weighted by molar-refractivity contribution is 7.98. The first-order valence-corrected chi connectivity index (χ1v) is 7.76. The highest BCUT2D eigenvalue weighted by Gasteiger charge is 2.35. The number of rotatable bonds is 3. The van der Waals surface area contributed by atoms with E-state index in [9.17, 15) is 10.1 Å². The molecule has 1 aliphatic heterocycles. The molecule has 114 valence electrons. The number of nitrogens with two attached hydrogens (primary N) is 1. The zero-order valence-corrected chi connectivity index (χ0v) is 13.4. The summed E-state index contributed by atoms with van der Waals surface area (Å²) in [5.41, 5.74) is 7.11. The molecule has 2 rings (SSSR count). The number of hydrogen-bond acceptors (Lipinski definition) is 6. The van der Waals surface area contributed by atoms with Gasteiger partial charge >= 0.3 is 5.97 Å². The van der Waals surface area contributed by atoms with Crippen LogP contribution in [0.5, 0.6) is 0 Å². The van der Waals surface area contributed by atoms with Gasteiger partial charge in [0.15, 0.2) is 0 Å². The van der Waals surface area contributed by atoms with Crippen LogP contribution < -0.4 is 5.73 Å². The van der Waals surface area contributed by atoms with E-state index in [1.165, 1.54) is 7.11 Å². The lowest BCUT2D eigenvalue weighted by molar-refractivity contribution is -0.136. The van der Waals surface area contributed by atoms with Crippen LogP contribution in [0.1, 0.15) is 18.4 Å². The van der Waals surface area contributed by atoms with Crippen LogP contribution in [0.4, 0.5) is 0 Å². The molecular formula is C16H16N2O3S. The molecule has 22 heavy (non-hydrogen) atoms. The number of methoxy groups -OCH3 is 1. The molecule has 0 amide bonds. The number of ether oxygens (including phenoxy) is 2. The third kappa shape index (κ3) is 2.81. The molecule has 1 aromatic carbocycles. The van der Waals surface area contributed by atoms with Gasteiger partial charge in [-0.3, -0.25) is 0 Å². The second kappa shape index (κ2) is 6.58. The SMILES string of the molecule is COC(=O)C1=C(C)OC(N)=C(C#N)[C@@H]1c1ccc(SC)cc1. The quantitative estimate of drug-likeness (QED) is 0.681. The standard InChI is InChI=1S/C16H16N2O3S/c1-9-13(16(19)20-2)14(12(8-17)15(18)21-9)10-4-6-11(22-3)7-5-10/h4-7,14H,18H2,1-3H3/t14-/m0/s1. The smallest absolute Gasteiger partial charge is 0.338 e. The predicted octanol–water partition coefficient (Wildman–Crippen LogP) is 2.66. The number of carbonyl (C=O) groups excluding carboxylic acids is 1. The molecule has 2 N–H and O–H groups in total. The van der Waals surface area contributed by atoms with Crippen molar-refractivity contribution in [1.82, 2.24) is 0 Å². The Hall–Kier alpha value is -2.39. The van der Waals surface area contributed by atoms with Gasteiger partial charge in [-0.15, -0.1) is 11.8 Å². The number of hydrogen-bond donors (Lipinski definition) is 1. The van der Waals surface area contributed by atoms with E-state index in [1.54, 1.807) is 18.7 Å². The number of thioether (sulfide) groups is 1. The second-order valence-electron chi connectivity index (χ2n) is 4.66. The van der Waals surface area contributed by atoms with Crippen LogP contribution in [0, 0.1) is 11.3 Å². The van der Waals surface area contributed by atoms with Crippen molar-refractivity contribution in [2.45, 2.75) is 17.7 Å². The number of carbonyl (C=O) groups is 1. The molecule has 1 aromatic rings. The van der Waals surface area contributed by atoms with Crippen molar-refractivity contribution in [3.63, 3.8) is 0 Å². The predicted molar refractivity (Wildman–Crippen MR) is 83.6 cm³/mol. The van der Waals surface area contributed by atoms with Gasteiger partial charge in [-0.25, -0.2) is 4.79 Å². The van der Waals surface area contributed by atoms with Crippen LogP contribution in [0.2, 0.25) is 0 Å². The summed E-state index contributed by atoms with van der Waals surface area (Å²) in [4.78, 5) is 13.2. The lowest BCUT2D eigenvalue weighted by Crippen LogP contribution is -2.25. The van der Waals surface area contributed by atoms with E-state index in [-0.39, 0.29) is 11.5 Å². The van der Waals surface area contributed by atoms with Crippen LogP contribution in [-0.2, 0) is 14.3 Å². The number of nitriles is 1. The Kier molecular flexibility index (Phi) is 4.78. The van der Waals surface area contributed by atoms with E-state index >= 15 is 0 Å². The van der Waals surface area contributed by atoms with E-state index in [4.69, 9.17) is 15.2 Å². The van der Waals surface area contributed by atoms with Crippen molar-refractivity contribution in [3.05, 3.63) is 52.6 Å². The van der Waals surface area contributed by atoms with Crippen molar-refractivity contribution in [2.75, 3.05) is 13.4 Å². The summed E-state index contributed by atoms with van der Waals surface area (Å²) in [6.45, 7) is 1.64. The van der Waals surface area contributed by atoms with E-state index in [1.807, 2.05) is 36.6 Å². The molecule has 0 fully saturated rings. The molecule has 0 bridgehead atoms. The monoisotopic (exact) mass is 316 g/mol. The Morgan fingerprint density at radius 1 is 1.41 bits per heavy atom. The van der Waals surface area contributed by atoms with Gasteiger partial charge in [-0.05, 0) is 30.9 Å². The van der Waals surface area contributed by atoms with E-state index in [0.717, 1.165) is 10.5 Å². The third-order valence-corrected chi connectivity index (χ3v) is 4.20. The Morgan fingerprint density at radius 2 is 2.05 bits per heavy atom. The van der Waals surface area contributed by atoms with Gasteiger partial charge in [0.1, 0.15) is 17.4 Å². The molecular weight excluding hydrogens is 300 g/mol. The largest absolute Gasteiger partial charge is 0.466 e. The molecule has 1 heterocycles. The van der Waals surface area contributed by atoms with Gasteiger partial charge in [-0.2, -0.15) is 5.26 Å². The first-order valence-electron chi connectivity index (χ1n) is 6.54. The summed E-state index contributed by atoms with van der Waals surface area (Å²) < 4.78 is 10.2. The topological polar surface area (TPSA) is 85.3 Å². The number of benzene rings is 1.